The van der Waals surface area contributed by atoms with E-state index in [1.54, 1.807) is 7.11 Å². The maximum Gasteiger partial charge on any atom is 0.194 e. The first-order chi connectivity index (χ1) is 7.03. The maximum atomic E-state index is 12.1. The molecule has 82 valence electrons. The van der Waals surface area contributed by atoms with Crippen LogP contribution in [0.15, 0.2) is 24.3 Å². The Morgan fingerprint density at radius 1 is 1.33 bits per heavy atom. The van der Waals surface area contributed by atoms with Gasteiger partial charge >= 0.3 is 0 Å². The Hall–Kier alpha value is -1.15. The molecule has 0 aliphatic heterocycles. The normalized spacial score (nSPS) is 14.7. The highest BCUT2D eigenvalue weighted by atomic mass is 16.5. The van der Waals surface area contributed by atoms with Crippen molar-refractivity contribution in [3.63, 3.8) is 0 Å². The number of carbonyl (C=O) groups is 1. The summed E-state index contributed by atoms with van der Waals surface area (Å²) in [6, 6.07) is 7.59. The minimum atomic E-state index is -0.699. The number of aryl methyl sites for hydroxylation is 1. The van der Waals surface area contributed by atoms with Crippen LogP contribution < -0.4 is 0 Å². The van der Waals surface area contributed by atoms with Gasteiger partial charge in [0.2, 0.25) is 0 Å². The molecule has 0 aliphatic carbocycles. The molecule has 0 saturated heterocycles. The molecule has 1 atom stereocenters. The number of methoxy groups -OCH3 is 1. The quantitative estimate of drug-likeness (QED) is 0.708. The van der Waals surface area contributed by atoms with Crippen molar-refractivity contribution in [3.8, 4) is 0 Å². The van der Waals surface area contributed by atoms with E-state index < -0.39 is 5.60 Å². The van der Waals surface area contributed by atoms with E-state index in [-0.39, 0.29) is 5.78 Å². The number of carbonyl (C=O) groups excluding carboxylic acids is 1. The third kappa shape index (κ3) is 2.45. The van der Waals surface area contributed by atoms with Gasteiger partial charge < -0.3 is 4.74 Å². The fourth-order valence-electron chi connectivity index (χ4n) is 1.41. The maximum absolute atomic E-state index is 12.1. The number of ketones is 1. The Bertz CT molecular complexity index is 334. The molecule has 0 aromatic heterocycles. The zero-order valence-electron chi connectivity index (χ0n) is 9.83. The molecule has 1 rings (SSSR count). The first-order valence-corrected chi connectivity index (χ1v) is 5.20. The summed E-state index contributed by atoms with van der Waals surface area (Å²) < 4.78 is 5.28. The standard InChI is InChI=1S/C13H18O2/c1-5-13(3,15-4)12(14)11-8-6-10(2)7-9-11/h6-9H,5H2,1-4H3. The largest absolute Gasteiger partial charge is 0.370 e. The van der Waals surface area contributed by atoms with Crippen molar-refractivity contribution < 1.29 is 9.53 Å². The Labute approximate surface area is 91.3 Å². The first-order valence-electron chi connectivity index (χ1n) is 5.20. The van der Waals surface area contributed by atoms with Crippen LogP contribution in [-0.4, -0.2) is 18.5 Å². The molecule has 0 saturated carbocycles. The molecule has 0 spiro atoms. The molecule has 0 N–H and O–H groups in total. The molecule has 0 amide bonds. The smallest absolute Gasteiger partial charge is 0.194 e. The summed E-state index contributed by atoms with van der Waals surface area (Å²) in [6.45, 7) is 5.79. The number of benzene rings is 1. The van der Waals surface area contributed by atoms with Crippen LogP contribution in [0.4, 0.5) is 0 Å². The number of Topliss-reactive ketones (excluding diaryl/α,β-unsaturated/α-hetero) is 1. The first kappa shape index (κ1) is 11.9. The van der Waals surface area contributed by atoms with Gasteiger partial charge in [-0.15, -0.1) is 0 Å². The third-order valence-corrected chi connectivity index (χ3v) is 2.92. The van der Waals surface area contributed by atoms with Crippen molar-refractivity contribution in [3.05, 3.63) is 35.4 Å². The van der Waals surface area contributed by atoms with E-state index in [4.69, 9.17) is 4.74 Å². The Kier molecular flexibility index (Phi) is 3.64. The molecule has 1 aromatic carbocycles. The van der Waals surface area contributed by atoms with E-state index in [0.717, 1.165) is 5.56 Å². The highest BCUT2D eigenvalue weighted by Crippen LogP contribution is 2.20. The number of rotatable bonds is 4. The van der Waals surface area contributed by atoms with Crippen LogP contribution >= 0.6 is 0 Å². The minimum Gasteiger partial charge on any atom is -0.370 e. The van der Waals surface area contributed by atoms with Gasteiger partial charge in [0.25, 0.3) is 0 Å². The average Bonchev–Trinajstić information content (AvgIpc) is 2.28. The van der Waals surface area contributed by atoms with Crippen LogP contribution in [0.3, 0.4) is 0 Å². The van der Waals surface area contributed by atoms with Gasteiger partial charge in [-0.1, -0.05) is 36.8 Å². The Morgan fingerprint density at radius 3 is 2.27 bits per heavy atom. The van der Waals surface area contributed by atoms with Crippen LogP contribution in [0, 0.1) is 6.92 Å². The van der Waals surface area contributed by atoms with Gasteiger partial charge in [-0.25, -0.2) is 0 Å². The van der Waals surface area contributed by atoms with Crippen molar-refractivity contribution in [1.29, 1.82) is 0 Å². The van der Waals surface area contributed by atoms with Crippen LogP contribution in [0.25, 0.3) is 0 Å². The molecule has 0 fully saturated rings. The van der Waals surface area contributed by atoms with Crippen molar-refractivity contribution in [2.24, 2.45) is 0 Å². The van der Waals surface area contributed by atoms with Crippen molar-refractivity contribution in [2.45, 2.75) is 32.8 Å². The van der Waals surface area contributed by atoms with Gasteiger partial charge in [-0.3, -0.25) is 4.79 Å². The monoisotopic (exact) mass is 206 g/mol. The van der Waals surface area contributed by atoms with E-state index in [2.05, 4.69) is 0 Å². The summed E-state index contributed by atoms with van der Waals surface area (Å²) in [7, 11) is 1.58. The topological polar surface area (TPSA) is 26.3 Å². The lowest BCUT2D eigenvalue weighted by atomic mass is 9.92. The van der Waals surface area contributed by atoms with E-state index in [0.29, 0.717) is 12.0 Å². The summed E-state index contributed by atoms with van der Waals surface area (Å²) in [5, 5.41) is 0. The lowest BCUT2D eigenvalue weighted by molar-refractivity contribution is 0.0106. The molecule has 0 heterocycles. The summed E-state index contributed by atoms with van der Waals surface area (Å²) in [6.07, 6.45) is 0.677. The second-order valence-electron chi connectivity index (χ2n) is 3.98. The molecule has 0 bridgehead atoms. The number of hydrogen-bond donors (Lipinski definition) is 0. The predicted molar refractivity (Wildman–Crippen MR) is 61.2 cm³/mol. The van der Waals surface area contributed by atoms with Crippen LogP contribution in [0.2, 0.25) is 0 Å². The molecule has 0 aliphatic rings. The van der Waals surface area contributed by atoms with Crippen LogP contribution in [-0.2, 0) is 4.74 Å². The third-order valence-electron chi connectivity index (χ3n) is 2.92. The second kappa shape index (κ2) is 4.58. The fraction of sp³-hybridized carbons (Fsp3) is 0.462. The van der Waals surface area contributed by atoms with E-state index in [9.17, 15) is 4.79 Å². The van der Waals surface area contributed by atoms with Crippen molar-refractivity contribution in [2.75, 3.05) is 7.11 Å². The second-order valence-corrected chi connectivity index (χ2v) is 3.98. The minimum absolute atomic E-state index is 0.0486. The predicted octanol–water partition coefficient (Wildman–Crippen LogP) is 2.99. The SMILES string of the molecule is CCC(C)(OC)C(=O)c1ccc(C)cc1. The summed E-state index contributed by atoms with van der Waals surface area (Å²) >= 11 is 0. The average molecular weight is 206 g/mol. The van der Waals surface area contributed by atoms with Gasteiger partial charge in [-0.2, -0.15) is 0 Å². The van der Waals surface area contributed by atoms with Crippen molar-refractivity contribution >= 4 is 5.78 Å². The van der Waals surface area contributed by atoms with Gasteiger partial charge in [0, 0.05) is 12.7 Å². The van der Waals surface area contributed by atoms with Gasteiger partial charge in [-0.05, 0) is 20.3 Å². The van der Waals surface area contributed by atoms with E-state index >= 15 is 0 Å². The molecule has 15 heavy (non-hydrogen) atoms. The van der Waals surface area contributed by atoms with Gasteiger partial charge in [0.05, 0.1) is 0 Å². The Morgan fingerprint density at radius 2 is 1.87 bits per heavy atom. The molecule has 1 unspecified atom stereocenters. The van der Waals surface area contributed by atoms with Crippen LogP contribution in [0.5, 0.6) is 0 Å². The highest BCUT2D eigenvalue weighted by molar-refractivity contribution is 6.02. The summed E-state index contributed by atoms with van der Waals surface area (Å²) in [5.41, 5.74) is 1.17. The van der Waals surface area contributed by atoms with Gasteiger partial charge in [0.1, 0.15) is 5.60 Å². The molecular weight excluding hydrogens is 188 g/mol. The van der Waals surface area contributed by atoms with Crippen LogP contribution in [0.1, 0.15) is 36.2 Å². The molecule has 2 nitrogen and oxygen atoms in total. The zero-order valence-corrected chi connectivity index (χ0v) is 9.83. The van der Waals surface area contributed by atoms with Gasteiger partial charge in [0.15, 0.2) is 5.78 Å². The van der Waals surface area contributed by atoms with Crippen molar-refractivity contribution in [1.82, 2.24) is 0 Å². The highest BCUT2D eigenvalue weighted by Gasteiger charge is 2.31. The lowest BCUT2D eigenvalue weighted by Crippen LogP contribution is -2.36. The molecule has 0 radical (unpaired) electrons. The molecule has 1 aromatic rings. The number of ether oxygens (including phenoxy) is 1. The van der Waals surface area contributed by atoms with E-state index in [1.165, 1.54) is 0 Å². The fourth-order valence-corrected chi connectivity index (χ4v) is 1.41. The summed E-state index contributed by atoms with van der Waals surface area (Å²) in [4.78, 5) is 12.1. The van der Waals surface area contributed by atoms with E-state index in [1.807, 2.05) is 45.0 Å². The Balaban J connectivity index is 2.98. The summed E-state index contributed by atoms with van der Waals surface area (Å²) in [5.74, 6) is 0.0486. The molecular formula is C13H18O2. The lowest BCUT2D eigenvalue weighted by Gasteiger charge is -2.24. The zero-order chi connectivity index (χ0) is 11.5. The molecule has 2 heteroatoms. The number of hydrogen-bond acceptors (Lipinski definition) is 2.